The molecule has 4 aromatic rings. The fraction of sp³-hybridized carbons (Fsp3) is 0.0741. The summed E-state index contributed by atoms with van der Waals surface area (Å²) in [5.41, 5.74) is 1.88. The monoisotopic (exact) mass is 455 g/mol. The predicted octanol–water partition coefficient (Wildman–Crippen LogP) is 4.72. The minimum Gasteiger partial charge on any atom is -0.345 e. The standard InChI is InChI=1S/C27H22FN3O3/c1-18(19-6-3-2-4-7-19)29-26(33)24-8-5-17-31(27(24)34)23-15-13-22(14-16-23)30-25(32)20-9-11-21(28)12-10-20/h2-18H,1H3,(H,29,33)(H,30,32)/t18-/m0/s1. The highest BCUT2D eigenvalue weighted by Crippen LogP contribution is 2.15. The van der Waals surface area contributed by atoms with Crippen LogP contribution < -0.4 is 16.2 Å². The van der Waals surface area contributed by atoms with Gasteiger partial charge in [-0.1, -0.05) is 30.3 Å². The second kappa shape index (κ2) is 9.95. The average Bonchev–Trinajstić information content (AvgIpc) is 2.85. The maximum atomic E-state index is 13.0. The van der Waals surface area contributed by atoms with Gasteiger partial charge in [0.1, 0.15) is 11.4 Å². The summed E-state index contributed by atoms with van der Waals surface area (Å²) in [4.78, 5) is 38.1. The van der Waals surface area contributed by atoms with Crippen LogP contribution in [0.15, 0.2) is 102 Å². The number of carbonyl (C=O) groups is 2. The van der Waals surface area contributed by atoms with Crippen molar-refractivity contribution in [1.82, 2.24) is 9.88 Å². The Hall–Kier alpha value is -4.52. The third-order valence-electron chi connectivity index (χ3n) is 5.35. The van der Waals surface area contributed by atoms with Crippen molar-refractivity contribution in [2.45, 2.75) is 13.0 Å². The number of halogens is 1. The second-order valence-corrected chi connectivity index (χ2v) is 7.71. The molecule has 4 rings (SSSR count). The third kappa shape index (κ3) is 5.10. The van der Waals surface area contributed by atoms with Crippen molar-refractivity contribution in [3.8, 4) is 5.69 Å². The van der Waals surface area contributed by atoms with Crippen molar-refractivity contribution < 1.29 is 14.0 Å². The van der Waals surface area contributed by atoms with E-state index in [1.165, 1.54) is 34.9 Å². The Morgan fingerprint density at radius 3 is 2.18 bits per heavy atom. The van der Waals surface area contributed by atoms with Crippen LogP contribution in [-0.4, -0.2) is 16.4 Å². The van der Waals surface area contributed by atoms with E-state index >= 15 is 0 Å². The lowest BCUT2D eigenvalue weighted by atomic mass is 10.1. The molecule has 0 aliphatic carbocycles. The third-order valence-corrected chi connectivity index (χ3v) is 5.35. The van der Waals surface area contributed by atoms with Crippen LogP contribution in [0.3, 0.4) is 0 Å². The quantitative estimate of drug-likeness (QED) is 0.442. The summed E-state index contributed by atoms with van der Waals surface area (Å²) < 4.78 is 14.4. The molecule has 1 heterocycles. The Morgan fingerprint density at radius 1 is 0.824 bits per heavy atom. The summed E-state index contributed by atoms with van der Waals surface area (Å²) in [6, 6.07) is 24.2. The molecule has 0 radical (unpaired) electrons. The second-order valence-electron chi connectivity index (χ2n) is 7.71. The van der Waals surface area contributed by atoms with Gasteiger partial charge in [-0.15, -0.1) is 0 Å². The van der Waals surface area contributed by atoms with Crippen LogP contribution >= 0.6 is 0 Å². The summed E-state index contributed by atoms with van der Waals surface area (Å²) in [7, 11) is 0. The summed E-state index contributed by atoms with van der Waals surface area (Å²) in [5, 5.41) is 5.58. The fourth-order valence-corrected chi connectivity index (χ4v) is 3.48. The maximum absolute atomic E-state index is 13.0. The molecule has 2 N–H and O–H groups in total. The number of rotatable bonds is 6. The Balaban J connectivity index is 1.49. The molecule has 0 fully saturated rings. The zero-order chi connectivity index (χ0) is 24.1. The molecule has 0 saturated heterocycles. The van der Waals surface area contributed by atoms with Gasteiger partial charge < -0.3 is 10.6 Å². The van der Waals surface area contributed by atoms with E-state index in [1.54, 1.807) is 36.5 Å². The first-order valence-corrected chi connectivity index (χ1v) is 10.7. The summed E-state index contributed by atoms with van der Waals surface area (Å²) in [5.74, 6) is -1.26. The van der Waals surface area contributed by atoms with E-state index < -0.39 is 17.3 Å². The van der Waals surface area contributed by atoms with E-state index in [2.05, 4.69) is 10.6 Å². The minimum absolute atomic E-state index is 0.0268. The van der Waals surface area contributed by atoms with Crippen LogP contribution in [0.5, 0.6) is 0 Å². The molecule has 3 aromatic carbocycles. The number of nitrogens with one attached hydrogen (secondary N) is 2. The number of amides is 2. The van der Waals surface area contributed by atoms with Crippen LogP contribution in [0.4, 0.5) is 10.1 Å². The summed E-state index contributed by atoms with van der Waals surface area (Å²) >= 11 is 0. The van der Waals surface area contributed by atoms with Gasteiger partial charge in [-0.05, 0) is 73.2 Å². The van der Waals surface area contributed by atoms with Gasteiger partial charge in [-0.3, -0.25) is 19.0 Å². The molecule has 1 atom stereocenters. The Bertz CT molecular complexity index is 1370. The van der Waals surface area contributed by atoms with Crippen LogP contribution in [0.2, 0.25) is 0 Å². The topological polar surface area (TPSA) is 80.2 Å². The lowest BCUT2D eigenvalue weighted by molar-refractivity contribution is 0.0937. The molecule has 2 amide bonds. The van der Waals surface area contributed by atoms with Gasteiger partial charge in [-0.2, -0.15) is 0 Å². The largest absolute Gasteiger partial charge is 0.345 e. The molecule has 0 spiro atoms. The highest BCUT2D eigenvalue weighted by Gasteiger charge is 2.16. The molecule has 0 saturated carbocycles. The van der Waals surface area contributed by atoms with Crippen molar-refractivity contribution in [2.24, 2.45) is 0 Å². The van der Waals surface area contributed by atoms with Gasteiger partial charge in [-0.25, -0.2) is 4.39 Å². The Kier molecular flexibility index (Phi) is 6.64. The fourth-order valence-electron chi connectivity index (χ4n) is 3.48. The van der Waals surface area contributed by atoms with Crippen molar-refractivity contribution >= 4 is 17.5 Å². The lowest BCUT2D eigenvalue weighted by Crippen LogP contribution is -2.33. The molecular formula is C27H22FN3O3. The van der Waals surface area contributed by atoms with E-state index in [4.69, 9.17) is 0 Å². The first-order valence-electron chi connectivity index (χ1n) is 10.7. The van der Waals surface area contributed by atoms with Crippen molar-refractivity contribution in [3.63, 3.8) is 0 Å². The van der Waals surface area contributed by atoms with Crippen molar-refractivity contribution in [2.75, 3.05) is 5.32 Å². The Morgan fingerprint density at radius 2 is 1.50 bits per heavy atom. The van der Waals surface area contributed by atoms with E-state index in [-0.39, 0.29) is 17.5 Å². The minimum atomic E-state index is -0.459. The number of carbonyl (C=O) groups excluding carboxylic acids is 2. The van der Waals surface area contributed by atoms with Crippen LogP contribution in [0.1, 0.15) is 39.2 Å². The zero-order valence-electron chi connectivity index (χ0n) is 18.4. The first kappa shape index (κ1) is 22.7. The molecule has 0 unspecified atom stereocenters. The van der Waals surface area contributed by atoms with Crippen molar-refractivity contribution in [1.29, 1.82) is 0 Å². The lowest BCUT2D eigenvalue weighted by Gasteiger charge is -2.15. The van der Waals surface area contributed by atoms with Crippen LogP contribution in [0, 0.1) is 5.82 Å². The number of benzene rings is 3. The van der Waals surface area contributed by atoms with Crippen molar-refractivity contribution in [3.05, 3.63) is 130 Å². The SMILES string of the molecule is C[C@H](NC(=O)c1cccn(-c2ccc(NC(=O)c3ccc(F)cc3)cc2)c1=O)c1ccccc1. The van der Waals surface area contributed by atoms with Crippen LogP contribution in [0.25, 0.3) is 5.69 Å². The number of hydrogen-bond donors (Lipinski definition) is 2. The molecule has 0 bridgehead atoms. The molecule has 0 aliphatic rings. The highest BCUT2D eigenvalue weighted by atomic mass is 19.1. The predicted molar refractivity (Wildman–Crippen MR) is 129 cm³/mol. The number of anilines is 1. The normalized spacial score (nSPS) is 11.5. The summed E-state index contributed by atoms with van der Waals surface area (Å²) in [6.07, 6.45) is 1.58. The first-order chi connectivity index (χ1) is 16.4. The van der Waals surface area contributed by atoms with Gasteiger partial charge in [0.2, 0.25) is 0 Å². The summed E-state index contributed by atoms with van der Waals surface area (Å²) in [6.45, 7) is 1.85. The van der Waals surface area contributed by atoms with Crippen LogP contribution in [-0.2, 0) is 0 Å². The van der Waals surface area contributed by atoms with E-state index in [9.17, 15) is 18.8 Å². The molecule has 170 valence electrons. The Labute approximate surface area is 195 Å². The van der Waals surface area contributed by atoms with Gasteiger partial charge in [0, 0.05) is 23.1 Å². The van der Waals surface area contributed by atoms with Gasteiger partial charge in [0.25, 0.3) is 17.4 Å². The molecule has 1 aromatic heterocycles. The van der Waals surface area contributed by atoms with E-state index in [1.807, 2.05) is 37.3 Å². The van der Waals surface area contributed by atoms with E-state index in [0.717, 1.165) is 5.56 Å². The molecule has 7 heteroatoms. The van der Waals surface area contributed by atoms with E-state index in [0.29, 0.717) is 16.9 Å². The molecule has 6 nitrogen and oxygen atoms in total. The number of aromatic nitrogens is 1. The molecule has 34 heavy (non-hydrogen) atoms. The zero-order valence-corrected chi connectivity index (χ0v) is 18.4. The number of pyridine rings is 1. The molecular weight excluding hydrogens is 433 g/mol. The average molecular weight is 455 g/mol. The van der Waals surface area contributed by atoms with Gasteiger partial charge in [0.15, 0.2) is 0 Å². The number of hydrogen-bond acceptors (Lipinski definition) is 3. The smallest absolute Gasteiger partial charge is 0.267 e. The number of nitrogens with zero attached hydrogens (tertiary/aromatic N) is 1. The highest BCUT2D eigenvalue weighted by molar-refractivity contribution is 6.04. The maximum Gasteiger partial charge on any atom is 0.267 e. The molecule has 0 aliphatic heterocycles. The van der Waals surface area contributed by atoms with Gasteiger partial charge >= 0.3 is 0 Å². The van der Waals surface area contributed by atoms with Gasteiger partial charge in [0.05, 0.1) is 6.04 Å².